The number of aromatic amines is 1. The van der Waals surface area contributed by atoms with E-state index in [9.17, 15) is 0 Å². The van der Waals surface area contributed by atoms with E-state index in [4.69, 9.17) is 11.6 Å². The Hall–Kier alpha value is -0.800. The van der Waals surface area contributed by atoms with E-state index in [0.29, 0.717) is 5.25 Å². The number of nitrogens with one attached hydrogen (secondary N) is 2. The van der Waals surface area contributed by atoms with Crippen molar-refractivity contribution in [2.75, 3.05) is 4.72 Å². The third-order valence-electron chi connectivity index (χ3n) is 3.28. The van der Waals surface area contributed by atoms with Gasteiger partial charge in [-0.1, -0.05) is 37.1 Å². The highest BCUT2D eigenvalue weighted by Gasteiger charge is 2.21. The molecular formula is C13H15ClN2S. The predicted octanol–water partition coefficient (Wildman–Crippen LogP) is 4.61. The number of benzene rings is 1. The average molecular weight is 267 g/mol. The largest absolute Gasteiger partial charge is 0.358 e. The maximum absolute atomic E-state index is 6.13. The van der Waals surface area contributed by atoms with Crippen LogP contribution in [0.3, 0.4) is 0 Å². The second-order valence-corrected chi connectivity index (χ2v) is 6.01. The molecule has 2 N–H and O–H groups in total. The van der Waals surface area contributed by atoms with Gasteiger partial charge < -0.3 is 9.71 Å². The number of hydrogen-bond donors (Lipinski definition) is 2. The molecule has 0 saturated carbocycles. The van der Waals surface area contributed by atoms with Crippen LogP contribution in [0.15, 0.2) is 18.3 Å². The highest BCUT2D eigenvalue weighted by atomic mass is 35.5. The number of hydrogen-bond acceptors (Lipinski definition) is 2. The van der Waals surface area contributed by atoms with Crippen molar-refractivity contribution in [2.24, 2.45) is 0 Å². The molecule has 0 saturated heterocycles. The molecule has 0 spiro atoms. The van der Waals surface area contributed by atoms with Crippen LogP contribution in [-0.2, 0) is 6.42 Å². The average Bonchev–Trinajstić information content (AvgIpc) is 2.72. The zero-order valence-corrected chi connectivity index (χ0v) is 11.3. The Balaban J connectivity index is 2.02. The molecule has 0 aliphatic carbocycles. The van der Waals surface area contributed by atoms with E-state index in [1.54, 1.807) is 0 Å². The van der Waals surface area contributed by atoms with Crippen LogP contribution in [0.2, 0.25) is 5.02 Å². The second-order valence-electron chi connectivity index (χ2n) is 4.49. The summed E-state index contributed by atoms with van der Waals surface area (Å²) in [7, 11) is 0. The summed E-state index contributed by atoms with van der Waals surface area (Å²) < 4.78 is 3.48. The molecule has 0 radical (unpaired) electrons. The van der Waals surface area contributed by atoms with Crippen LogP contribution in [0, 0.1) is 0 Å². The van der Waals surface area contributed by atoms with E-state index in [2.05, 4.69) is 28.8 Å². The van der Waals surface area contributed by atoms with Gasteiger partial charge in [-0.15, -0.1) is 0 Å². The van der Waals surface area contributed by atoms with Crippen LogP contribution in [0.4, 0.5) is 5.69 Å². The molecular weight excluding hydrogens is 252 g/mol. The van der Waals surface area contributed by atoms with Crippen LogP contribution in [-0.4, -0.2) is 10.2 Å². The lowest BCUT2D eigenvalue weighted by atomic mass is 10.0. The van der Waals surface area contributed by atoms with E-state index >= 15 is 0 Å². The van der Waals surface area contributed by atoms with Crippen molar-refractivity contribution < 1.29 is 0 Å². The molecule has 17 heavy (non-hydrogen) atoms. The number of fused-ring (bicyclic) bond motifs is 3. The molecule has 0 amide bonds. The summed E-state index contributed by atoms with van der Waals surface area (Å²) in [5, 5.41) is 2.59. The number of anilines is 1. The van der Waals surface area contributed by atoms with E-state index < -0.39 is 0 Å². The van der Waals surface area contributed by atoms with Crippen LogP contribution in [0.1, 0.15) is 25.3 Å². The molecule has 2 nitrogen and oxygen atoms in total. The Bertz CT molecular complexity index is 550. The van der Waals surface area contributed by atoms with Gasteiger partial charge in [0, 0.05) is 16.8 Å². The third kappa shape index (κ3) is 1.91. The minimum atomic E-state index is 0.690. The number of halogens is 1. The molecule has 1 unspecified atom stereocenters. The molecule has 2 aromatic rings. The standard InChI is InChI=1S/C13H15ClN2S/c1-2-3-9-6-8-4-5-10-11(14)7-15-13(10)12(8)16-17-9/h4-5,7,9,15-16H,2-3,6H2,1H3. The van der Waals surface area contributed by atoms with Gasteiger partial charge in [-0.05, 0) is 30.4 Å². The molecule has 1 aliphatic heterocycles. The van der Waals surface area contributed by atoms with Crippen molar-refractivity contribution in [1.29, 1.82) is 0 Å². The number of rotatable bonds is 2. The number of H-pyrrole nitrogens is 1. The highest BCUT2D eigenvalue weighted by molar-refractivity contribution is 8.01. The first-order valence-corrected chi connectivity index (χ1v) is 7.25. The van der Waals surface area contributed by atoms with Crippen molar-refractivity contribution in [3.8, 4) is 0 Å². The van der Waals surface area contributed by atoms with Gasteiger partial charge in [-0.2, -0.15) is 0 Å². The van der Waals surface area contributed by atoms with Crippen molar-refractivity contribution in [3.63, 3.8) is 0 Å². The minimum Gasteiger partial charge on any atom is -0.358 e. The zero-order chi connectivity index (χ0) is 11.8. The first kappa shape index (κ1) is 11.3. The quantitative estimate of drug-likeness (QED) is 0.777. The van der Waals surface area contributed by atoms with Crippen molar-refractivity contribution >= 4 is 40.1 Å². The minimum absolute atomic E-state index is 0.690. The van der Waals surface area contributed by atoms with Gasteiger partial charge in [0.2, 0.25) is 0 Å². The van der Waals surface area contributed by atoms with Crippen LogP contribution >= 0.6 is 23.5 Å². The van der Waals surface area contributed by atoms with E-state index in [0.717, 1.165) is 22.3 Å². The van der Waals surface area contributed by atoms with Crippen LogP contribution in [0.5, 0.6) is 0 Å². The molecule has 1 aromatic carbocycles. The van der Waals surface area contributed by atoms with E-state index in [-0.39, 0.29) is 0 Å². The van der Waals surface area contributed by atoms with Gasteiger partial charge in [-0.3, -0.25) is 0 Å². The molecule has 4 heteroatoms. The van der Waals surface area contributed by atoms with Crippen molar-refractivity contribution in [2.45, 2.75) is 31.4 Å². The fourth-order valence-electron chi connectivity index (χ4n) is 2.41. The normalized spacial score (nSPS) is 19.1. The Morgan fingerprint density at radius 3 is 3.18 bits per heavy atom. The third-order valence-corrected chi connectivity index (χ3v) is 4.65. The lowest BCUT2D eigenvalue weighted by Gasteiger charge is -2.25. The lowest BCUT2D eigenvalue weighted by Crippen LogP contribution is -2.16. The Morgan fingerprint density at radius 2 is 2.35 bits per heavy atom. The zero-order valence-electron chi connectivity index (χ0n) is 9.72. The summed E-state index contributed by atoms with van der Waals surface area (Å²) >= 11 is 7.97. The van der Waals surface area contributed by atoms with Gasteiger partial charge in [0.1, 0.15) is 0 Å². The first-order valence-electron chi connectivity index (χ1n) is 5.99. The fraction of sp³-hybridized carbons (Fsp3) is 0.385. The van der Waals surface area contributed by atoms with E-state index in [1.165, 1.54) is 24.1 Å². The summed E-state index contributed by atoms with van der Waals surface area (Å²) in [4.78, 5) is 3.26. The predicted molar refractivity (Wildman–Crippen MR) is 76.9 cm³/mol. The summed E-state index contributed by atoms with van der Waals surface area (Å²) in [5.74, 6) is 0. The molecule has 2 heterocycles. The van der Waals surface area contributed by atoms with Gasteiger partial charge >= 0.3 is 0 Å². The van der Waals surface area contributed by atoms with Crippen molar-refractivity contribution in [1.82, 2.24) is 4.98 Å². The maximum atomic E-state index is 6.13. The van der Waals surface area contributed by atoms with Gasteiger partial charge in [0.05, 0.1) is 16.2 Å². The van der Waals surface area contributed by atoms with Gasteiger partial charge in [0.25, 0.3) is 0 Å². The van der Waals surface area contributed by atoms with Crippen LogP contribution in [0.25, 0.3) is 10.9 Å². The monoisotopic (exact) mass is 266 g/mol. The summed E-state index contributed by atoms with van der Waals surface area (Å²) in [6.45, 7) is 2.24. The summed E-state index contributed by atoms with van der Waals surface area (Å²) in [6.07, 6.45) is 5.51. The van der Waals surface area contributed by atoms with Gasteiger partial charge in [-0.25, -0.2) is 0 Å². The molecule has 0 bridgehead atoms. The second kappa shape index (κ2) is 4.46. The SMILES string of the molecule is CCCC1Cc2ccc3c(Cl)c[nH]c3c2NS1. The smallest absolute Gasteiger partial charge is 0.0718 e. The number of aromatic nitrogens is 1. The summed E-state index contributed by atoms with van der Waals surface area (Å²) in [5.41, 5.74) is 3.75. The van der Waals surface area contributed by atoms with Gasteiger partial charge in [0.15, 0.2) is 0 Å². The fourth-order valence-corrected chi connectivity index (χ4v) is 3.75. The molecule has 3 rings (SSSR count). The Labute approximate surface area is 110 Å². The lowest BCUT2D eigenvalue weighted by molar-refractivity contribution is 0.733. The maximum Gasteiger partial charge on any atom is 0.0718 e. The molecule has 90 valence electrons. The Morgan fingerprint density at radius 1 is 1.47 bits per heavy atom. The van der Waals surface area contributed by atoms with E-state index in [1.807, 2.05) is 18.1 Å². The molecule has 1 aliphatic rings. The highest BCUT2D eigenvalue weighted by Crippen LogP contribution is 2.39. The van der Waals surface area contributed by atoms with Crippen LogP contribution < -0.4 is 4.72 Å². The Kier molecular flexibility index (Phi) is 2.97. The summed E-state index contributed by atoms with van der Waals surface area (Å²) in [6, 6.07) is 4.32. The van der Waals surface area contributed by atoms with Crippen molar-refractivity contribution in [3.05, 3.63) is 28.9 Å². The molecule has 0 fully saturated rings. The topological polar surface area (TPSA) is 27.8 Å². The molecule has 1 atom stereocenters. The first-order chi connectivity index (χ1) is 8.29. The molecule has 1 aromatic heterocycles.